The van der Waals surface area contributed by atoms with E-state index >= 15 is 0 Å². The van der Waals surface area contributed by atoms with Crippen LogP contribution in [0.3, 0.4) is 0 Å². The Morgan fingerprint density at radius 2 is 1.89 bits per heavy atom. The maximum absolute atomic E-state index is 12.9. The summed E-state index contributed by atoms with van der Waals surface area (Å²) in [5, 5.41) is 2.76. The van der Waals surface area contributed by atoms with Gasteiger partial charge in [0.05, 0.1) is 26.2 Å². The Morgan fingerprint density at radius 3 is 2.41 bits per heavy atom. The minimum Gasteiger partial charge on any atom is -0.323 e. The van der Waals surface area contributed by atoms with Gasteiger partial charge < -0.3 is 4.90 Å². The number of hydrogen-bond donors (Lipinski definition) is 0. The molecule has 27 heavy (non-hydrogen) atoms. The molecule has 2 rings (SSSR count). The van der Waals surface area contributed by atoms with Crippen LogP contribution in [0, 0.1) is 0 Å². The number of carbonyl (C=O) groups excluding carboxylic acids is 1. The van der Waals surface area contributed by atoms with E-state index in [0.717, 1.165) is 16.9 Å². The Kier molecular flexibility index (Phi) is 6.27. The molecule has 2 aromatic rings. The third-order valence-corrected chi connectivity index (χ3v) is 6.68. The molecule has 0 saturated heterocycles. The van der Waals surface area contributed by atoms with Gasteiger partial charge in [-0.1, -0.05) is 11.6 Å². The van der Waals surface area contributed by atoms with Crippen LogP contribution in [0.5, 0.6) is 0 Å². The second-order valence-electron chi connectivity index (χ2n) is 5.33. The van der Waals surface area contributed by atoms with Crippen LogP contribution in [0.15, 0.2) is 38.8 Å². The standard InChI is InChI=1S/C15H14BrClF3N3O3S/c1-3-22(4-2)14(24)23-8-10(16)13(21-23)27(25,26)12-7-9(15(18,19)20)5-6-11(12)17/h5-8H,3-4H2,1-2H3. The lowest BCUT2D eigenvalue weighted by Gasteiger charge is -2.17. The van der Waals surface area contributed by atoms with E-state index in [4.69, 9.17) is 11.6 Å². The summed E-state index contributed by atoms with van der Waals surface area (Å²) in [4.78, 5) is 13.0. The van der Waals surface area contributed by atoms with Crippen LogP contribution in [0.4, 0.5) is 18.0 Å². The van der Waals surface area contributed by atoms with Gasteiger partial charge in [0.2, 0.25) is 9.84 Å². The molecule has 0 aliphatic rings. The predicted molar refractivity (Wildman–Crippen MR) is 95.5 cm³/mol. The highest BCUT2D eigenvalue weighted by atomic mass is 79.9. The molecule has 0 fully saturated rings. The van der Waals surface area contributed by atoms with Crippen molar-refractivity contribution in [1.82, 2.24) is 14.7 Å². The lowest BCUT2D eigenvalue weighted by atomic mass is 10.2. The second kappa shape index (κ2) is 7.80. The Hall–Kier alpha value is -1.59. The quantitative estimate of drug-likeness (QED) is 0.637. The van der Waals surface area contributed by atoms with E-state index in [2.05, 4.69) is 21.0 Å². The summed E-state index contributed by atoms with van der Waals surface area (Å²) in [5.41, 5.74) is -1.17. The molecule has 148 valence electrons. The zero-order valence-corrected chi connectivity index (χ0v) is 17.2. The summed E-state index contributed by atoms with van der Waals surface area (Å²) in [6.45, 7) is 4.21. The summed E-state index contributed by atoms with van der Waals surface area (Å²) in [6.07, 6.45) is -3.61. The highest BCUT2D eigenvalue weighted by molar-refractivity contribution is 9.10. The van der Waals surface area contributed by atoms with Crippen molar-refractivity contribution in [1.29, 1.82) is 0 Å². The summed E-state index contributed by atoms with van der Waals surface area (Å²) in [5.74, 6) is 0. The number of nitrogens with zero attached hydrogens (tertiary/aromatic N) is 3. The van der Waals surface area contributed by atoms with E-state index in [0.29, 0.717) is 25.2 Å². The minimum absolute atomic E-state index is 0.0727. The Morgan fingerprint density at radius 1 is 1.30 bits per heavy atom. The fourth-order valence-electron chi connectivity index (χ4n) is 2.25. The molecule has 12 heteroatoms. The van der Waals surface area contributed by atoms with Crippen molar-refractivity contribution < 1.29 is 26.4 Å². The molecule has 0 aliphatic carbocycles. The van der Waals surface area contributed by atoms with Gasteiger partial charge in [-0.3, -0.25) is 0 Å². The summed E-state index contributed by atoms with van der Waals surface area (Å²) < 4.78 is 65.2. The van der Waals surface area contributed by atoms with Crippen molar-refractivity contribution in [3.8, 4) is 0 Å². The van der Waals surface area contributed by atoms with Crippen LogP contribution in [0.25, 0.3) is 0 Å². The van der Waals surface area contributed by atoms with E-state index in [1.54, 1.807) is 13.8 Å². The van der Waals surface area contributed by atoms with Gasteiger partial charge in [0.25, 0.3) is 0 Å². The summed E-state index contributed by atoms with van der Waals surface area (Å²) in [7, 11) is -4.52. The zero-order chi connectivity index (χ0) is 20.6. The SMILES string of the molecule is CCN(CC)C(=O)n1cc(Br)c(S(=O)(=O)c2cc(C(F)(F)F)ccc2Cl)n1. The van der Waals surface area contributed by atoms with Crippen molar-refractivity contribution in [3.63, 3.8) is 0 Å². The molecule has 1 amide bonds. The molecule has 0 radical (unpaired) electrons. The molecule has 0 saturated carbocycles. The van der Waals surface area contributed by atoms with Crippen molar-refractivity contribution in [2.75, 3.05) is 13.1 Å². The highest BCUT2D eigenvalue weighted by Crippen LogP contribution is 2.36. The molecule has 1 aromatic heterocycles. The average molecular weight is 489 g/mol. The number of rotatable bonds is 4. The van der Waals surface area contributed by atoms with E-state index in [1.807, 2.05) is 0 Å². The molecule has 0 spiro atoms. The number of hydrogen-bond acceptors (Lipinski definition) is 4. The predicted octanol–water partition coefficient (Wildman–Crippen LogP) is 4.46. The Labute approximate surface area is 166 Å². The summed E-state index contributed by atoms with van der Waals surface area (Å²) in [6, 6.07) is 1.40. The van der Waals surface area contributed by atoms with Gasteiger partial charge in [0.1, 0.15) is 0 Å². The first kappa shape index (κ1) is 21.7. The Balaban J connectivity index is 2.57. The van der Waals surface area contributed by atoms with Crippen LogP contribution >= 0.6 is 27.5 Å². The molecule has 0 N–H and O–H groups in total. The molecule has 0 unspecified atom stereocenters. The van der Waals surface area contributed by atoms with Gasteiger partial charge in [-0.25, -0.2) is 13.2 Å². The smallest absolute Gasteiger partial charge is 0.323 e. The van der Waals surface area contributed by atoms with Gasteiger partial charge in [-0.15, -0.1) is 0 Å². The lowest BCUT2D eigenvalue weighted by Crippen LogP contribution is -2.34. The molecular weight excluding hydrogens is 475 g/mol. The topological polar surface area (TPSA) is 72.3 Å². The van der Waals surface area contributed by atoms with E-state index in [1.165, 1.54) is 4.90 Å². The van der Waals surface area contributed by atoms with Gasteiger partial charge in [0, 0.05) is 13.1 Å². The number of aromatic nitrogens is 2. The highest BCUT2D eigenvalue weighted by Gasteiger charge is 2.35. The maximum Gasteiger partial charge on any atom is 0.416 e. The van der Waals surface area contributed by atoms with Crippen molar-refractivity contribution in [2.45, 2.75) is 29.9 Å². The van der Waals surface area contributed by atoms with Gasteiger partial charge >= 0.3 is 12.2 Å². The Bertz CT molecular complexity index is 972. The fourth-order valence-corrected chi connectivity index (χ4v) is 4.90. The second-order valence-corrected chi connectivity index (χ2v) is 8.42. The monoisotopic (exact) mass is 487 g/mol. The number of halogens is 5. The first-order valence-corrected chi connectivity index (χ1v) is 10.2. The third-order valence-electron chi connectivity index (χ3n) is 3.67. The minimum atomic E-state index is -4.75. The van der Waals surface area contributed by atoms with Gasteiger partial charge in [-0.2, -0.15) is 23.0 Å². The molecule has 1 aromatic carbocycles. The number of alkyl halides is 3. The van der Waals surface area contributed by atoms with Gasteiger partial charge in [-0.05, 0) is 48.0 Å². The average Bonchev–Trinajstić information content (AvgIpc) is 2.97. The molecule has 6 nitrogen and oxygen atoms in total. The normalized spacial score (nSPS) is 12.3. The molecule has 0 bridgehead atoms. The van der Waals surface area contributed by atoms with E-state index < -0.39 is 37.5 Å². The number of amides is 1. The fraction of sp³-hybridized carbons (Fsp3) is 0.333. The largest absolute Gasteiger partial charge is 0.416 e. The number of sulfone groups is 1. The van der Waals surface area contributed by atoms with Crippen LogP contribution in [0.2, 0.25) is 5.02 Å². The van der Waals surface area contributed by atoms with Gasteiger partial charge in [0.15, 0.2) is 5.03 Å². The number of carbonyl (C=O) groups is 1. The van der Waals surface area contributed by atoms with Crippen molar-refractivity contribution >= 4 is 43.4 Å². The molecule has 0 atom stereocenters. The van der Waals surface area contributed by atoms with Crippen molar-refractivity contribution in [2.24, 2.45) is 0 Å². The number of benzene rings is 1. The lowest BCUT2D eigenvalue weighted by molar-refractivity contribution is -0.137. The van der Waals surface area contributed by atoms with Crippen LogP contribution < -0.4 is 0 Å². The molecule has 1 heterocycles. The van der Waals surface area contributed by atoms with Crippen LogP contribution in [-0.4, -0.2) is 42.2 Å². The molecule has 0 aliphatic heterocycles. The zero-order valence-electron chi connectivity index (χ0n) is 14.1. The first-order chi connectivity index (χ1) is 12.4. The van der Waals surface area contributed by atoms with Crippen LogP contribution in [0.1, 0.15) is 19.4 Å². The van der Waals surface area contributed by atoms with Crippen molar-refractivity contribution in [3.05, 3.63) is 39.5 Å². The first-order valence-electron chi connectivity index (χ1n) is 7.59. The van der Waals surface area contributed by atoms with E-state index in [9.17, 15) is 26.4 Å². The van der Waals surface area contributed by atoms with Crippen LogP contribution in [-0.2, 0) is 16.0 Å². The third kappa shape index (κ3) is 4.30. The maximum atomic E-state index is 12.9. The molecular formula is C15H14BrClF3N3O3S. The summed E-state index contributed by atoms with van der Waals surface area (Å²) >= 11 is 8.82. The van der Waals surface area contributed by atoms with E-state index in [-0.39, 0.29) is 9.50 Å².